The largest absolute Gasteiger partial charge is 0.381 e. The first-order valence-corrected chi connectivity index (χ1v) is 11.9. The van der Waals surface area contributed by atoms with Gasteiger partial charge in [0.25, 0.3) is 0 Å². The Morgan fingerprint density at radius 2 is 1.90 bits per heavy atom. The summed E-state index contributed by atoms with van der Waals surface area (Å²) < 4.78 is 47.1. The molecule has 6 nitrogen and oxygen atoms in total. The number of nitrogens with one attached hydrogen (secondary N) is 2. The van der Waals surface area contributed by atoms with Gasteiger partial charge in [-0.15, -0.1) is 0 Å². The summed E-state index contributed by atoms with van der Waals surface area (Å²) in [5.74, 6) is 0.328. The number of halogens is 1. The Hall–Kier alpha value is -2.03. The van der Waals surface area contributed by atoms with E-state index in [4.69, 9.17) is 4.74 Å². The Morgan fingerprint density at radius 3 is 2.50 bits per heavy atom. The number of hydrogen-bond donors (Lipinski definition) is 2. The highest BCUT2D eigenvalue weighted by Crippen LogP contribution is 2.35. The van der Waals surface area contributed by atoms with E-state index in [1.165, 1.54) is 12.3 Å². The van der Waals surface area contributed by atoms with E-state index in [0.717, 1.165) is 31.2 Å². The number of anilines is 1. The summed E-state index contributed by atoms with van der Waals surface area (Å²) in [5, 5.41) is 3.31. The molecule has 2 N–H and O–H groups in total. The average molecular weight is 436 g/mol. The molecule has 0 bridgehead atoms. The summed E-state index contributed by atoms with van der Waals surface area (Å²) in [6, 6.07) is 9.83. The predicted octanol–water partition coefficient (Wildman–Crippen LogP) is 3.85. The molecule has 164 valence electrons. The van der Waals surface area contributed by atoms with Crippen LogP contribution in [0.25, 0.3) is 0 Å². The lowest BCUT2D eigenvalue weighted by molar-refractivity contribution is 0.0542. The zero-order valence-electron chi connectivity index (χ0n) is 17.5. The van der Waals surface area contributed by atoms with E-state index in [1.54, 1.807) is 24.3 Å². The lowest BCUT2D eigenvalue weighted by Gasteiger charge is -2.38. The summed E-state index contributed by atoms with van der Waals surface area (Å²) in [4.78, 5) is 4.44. The van der Waals surface area contributed by atoms with E-state index < -0.39 is 10.0 Å². The third-order valence-corrected chi connectivity index (χ3v) is 7.35. The van der Waals surface area contributed by atoms with Crippen LogP contribution in [0.5, 0.6) is 0 Å². The fraction of sp³-hybridized carbons (Fsp3) is 0.500. The average Bonchev–Trinajstić information content (AvgIpc) is 2.77. The first kappa shape index (κ1) is 22.7. The van der Waals surface area contributed by atoms with Gasteiger partial charge in [0.2, 0.25) is 10.0 Å². The highest BCUT2D eigenvalue weighted by molar-refractivity contribution is 7.89. The minimum atomic E-state index is -3.59. The number of hydrogen-bond acceptors (Lipinski definition) is 5. The molecule has 0 spiro atoms. The number of rotatable bonds is 9. The molecule has 8 heteroatoms. The Balaban J connectivity index is 1.73. The maximum atomic E-state index is 13.8. The van der Waals surface area contributed by atoms with Gasteiger partial charge in [-0.1, -0.05) is 26.0 Å². The molecule has 1 fully saturated rings. The van der Waals surface area contributed by atoms with Gasteiger partial charge < -0.3 is 10.1 Å². The molecule has 0 radical (unpaired) electrons. The molecule has 0 atom stereocenters. The molecule has 0 unspecified atom stereocenters. The molecule has 2 aromatic rings. The minimum Gasteiger partial charge on any atom is -0.381 e. The van der Waals surface area contributed by atoms with Gasteiger partial charge in [-0.05, 0) is 55.5 Å². The number of aromatic nitrogens is 1. The van der Waals surface area contributed by atoms with Crippen molar-refractivity contribution in [2.45, 2.75) is 55.9 Å². The zero-order chi connectivity index (χ0) is 21.6. The second kappa shape index (κ2) is 9.85. The van der Waals surface area contributed by atoms with Gasteiger partial charge in [0.05, 0.1) is 0 Å². The van der Waals surface area contributed by atoms with Crippen molar-refractivity contribution >= 4 is 15.8 Å². The number of ether oxygens (including phenoxy) is 1. The van der Waals surface area contributed by atoms with Crippen molar-refractivity contribution in [1.29, 1.82) is 0 Å². The van der Waals surface area contributed by atoms with E-state index >= 15 is 0 Å². The van der Waals surface area contributed by atoms with Crippen molar-refractivity contribution in [3.8, 4) is 0 Å². The smallest absolute Gasteiger partial charge is 0.242 e. The molecule has 0 amide bonds. The van der Waals surface area contributed by atoms with Crippen LogP contribution in [-0.4, -0.2) is 39.2 Å². The van der Waals surface area contributed by atoms with Crippen LogP contribution in [0.1, 0.15) is 45.1 Å². The lowest BCUT2D eigenvalue weighted by atomic mass is 9.74. The van der Waals surface area contributed by atoms with E-state index in [1.807, 2.05) is 19.9 Å². The van der Waals surface area contributed by atoms with Crippen LogP contribution in [0.3, 0.4) is 0 Å². The SMILES string of the molecule is CCC(CC)NS(=O)(=O)c1ccc(NCC2(c3cccc(F)c3)CCOCC2)nc1. The van der Waals surface area contributed by atoms with Crippen molar-refractivity contribution in [2.75, 3.05) is 25.1 Å². The summed E-state index contributed by atoms with van der Waals surface area (Å²) in [6.07, 6.45) is 4.37. The molecule has 30 heavy (non-hydrogen) atoms. The first-order chi connectivity index (χ1) is 14.4. The van der Waals surface area contributed by atoms with E-state index in [0.29, 0.717) is 25.6 Å². The number of nitrogens with zero attached hydrogens (tertiary/aromatic N) is 1. The Kier molecular flexibility index (Phi) is 7.44. The highest BCUT2D eigenvalue weighted by atomic mass is 32.2. The quantitative estimate of drug-likeness (QED) is 0.625. The molecule has 1 saturated heterocycles. The van der Waals surface area contributed by atoms with Gasteiger partial charge in [0.1, 0.15) is 16.5 Å². The van der Waals surface area contributed by atoms with Crippen molar-refractivity contribution in [1.82, 2.24) is 9.71 Å². The summed E-state index contributed by atoms with van der Waals surface area (Å²) in [6.45, 7) is 5.69. The summed E-state index contributed by atoms with van der Waals surface area (Å²) in [7, 11) is -3.59. The summed E-state index contributed by atoms with van der Waals surface area (Å²) >= 11 is 0. The Labute approximate surface area is 178 Å². The van der Waals surface area contributed by atoms with E-state index in [-0.39, 0.29) is 22.2 Å². The molecular formula is C22H30FN3O3S. The molecule has 1 aliphatic rings. The normalized spacial score (nSPS) is 16.5. The topological polar surface area (TPSA) is 80.3 Å². The molecule has 0 saturated carbocycles. The fourth-order valence-electron chi connectivity index (χ4n) is 3.79. The summed E-state index contributed by atoms with van der Waals surface area (Å²) in [5.41, 5.74) is 0.677. The van der Waals surface area contributed by atoms with Crippen LogP contribution < -0.4 is 10.0 Å². The second-order valence-electron chi connectivity index (χ2n) is 7.77. The Morgan fingerprint density at radius 1 is 1.17 bits per heavy atom. The first-order valence-electron chi connectivity index (χ1n) is 10.4. The minimum absolute atomic E-state index is 0.0903. The maximum absolute atomic E-state index is 13.8. The molecule has 1 aliphatic heterocycles. The van der Waals surface area contributed by atoms with Gasteiger partial charge in [-0.25, -0.2) is 22.5 Å². The fourth-order valence-corrected chi connectivity index (χ4v) is 5.14. The van der Waals surface area contributed by atoms with E-state index in [9.17, 15) is 12.8 Å². The molecule has 0 aliphatic carbocycles. The van der Waals surface area contributed by atoms with Gasteiger partial charge in [0.15, 0.2) is 0 Å². The third kappa shape index (κ3) is 5.36. The molecule has 2 heterocycles. The van der Waals surface area contributed by atoms with Crippen LogP contribution in [0.15, 0.2) is 47.5 Å². The predicted molar refractivity (Wildman–Crippen MR) is 116 cm³/mol. The molecular weight excluding hydrogens is 405 g/mol. The standard InChI is InChI=1S/C22H30FN3O3S/c1-3-19(4-2)26-30(27,28)20-8-9-21(24-15-20)25-16-22(10-12-29-13-11-22)17-6-5-7-18(23)14-17/h5-9,14-15,19,26H,3-4,10-13,16H2,1-2H3,(H,24,25). The van der Waals surface area contributed by atoms with Gasteiger partial charge in [-0.3, -0.25) is 0 Å². The maximum Gasteiger partial charge on any atom is 0.242 e. The van der Waals surface area contributed by atoms with Crippen LogP contribution in [0.2, 0.25) is 0 Å². The zero-order valence-corrected chi connectivity index (χ0v) is 18.3. The number of sulfonamides is 1. The number of pyridine rings is 1. The molecule has 1 aromatic carbocycles. The van der Waals surface area contributed by atoms with Gasteiger partial charge in [0, 0.05) is 37.4 Å². The van der Waals surface area contributed by atoms with Crippen LogP contribution in [0.4, 0.5) is 10.2 Å². The Bertz CT molecular complexity index is 925. The van der Waals surface area contributed by atoms with Crippen molar-refractivity contribution in [2.24, 2.45) is 0 Å². The van der Waals surface area contributed by atoms with Crippen LogP contribution in [-0.2, 0) is 20.2 Å². The van der Waals surface area contributed by atoms with E-state index in [2.05, 4.69) is 15.0 Å². The monoisotopic (exact) mass is 435 g/mol. The van der Waals surface area contributed by atoms with Crippen molar-refractivity contribution in [3.63, 3.8) is 0 Å². The van der Waals surface area contributed by atoms with Crippen LogP contribution in [0, 0.1) is 5.82 Å². The van der Waals surface area contributed by atoms with Crippen LogP contribution >= 0.6 is 0 Å². The van der Waals surface area contributed by atoms with Gasteiger partial charge in [-0.2, -0.15) is 0 Å². The third-order valence-electron chi connectivity index (χ3n) is 5.85. The lowest BCUT2D eigenvalue weighted by Crippen LogP contribution is -2.40. The molecule has 1 aromatic heterocycles. The van der Waals surface area contributed by atoms with Crippen molar-refractivity contribution in [3.05, 3.63) is 54.0 Å². The van der Waals surface area contributed by atoms with Crippen molar-refractivity contribution < 1.29 is 17.5 Å². The second-order valence-corrected chi connectivity index (χ2v) is 9.48. The molecule has 3 rings (SSSR count). The highest BCUT2D eigenvalue weighted by Gasteiger charge is 2.34. The number of benzene rings is 1. The van der Waals surface area contributed by atoms with Gasteiger partial charge >= 0.3 is 0 Å².